The van der Waals surface area contributed by atoms with Crippen molar-refractivity contribution in [3.63, 3.8) is 0 Å². The van der Waals surface area contributed by atoms with E-state index in [1.54, 1.807) is 13.8 Å². The molecule has 20 heavy (non-hydrogen) atoms. The largest absolute Gasteiger partial charge is 0.484 e. The second kappa shape index (κ2) is 6.50. The molecule has 0 aromatic heterocycles. The Bertz CT molecular complexity index is 542. The quantitative estimate of drug-likeness (QED) is 0.635. The molecule has 0 bridgehead atoms. The molecule has 0 saturated carbocycles. The summed E-state index contributed by atoms with van der Waals surface area (Å²) in [6.45, 7) is 4.67. The topological polar surface area (TPSA) is 111 Å². The Kier molecular flexibility index (Phi) is 5.01. The number of nitrogens with zero attached hydrogens (tertiary/aromatic N) is 1. The summed E-state index contributed by atoms with van der Waals surface area (Å²) in [5.74, 6) is -1.02. The van der Waals surface area contributed by atoms with Gasteiger partial charge in [-0.05, 0) is 19.9 Å². The number of hydrazine groups is 1. The van der Waals surface area contributed by atoms with Crippen molar-refractivity contribution in [1.29, 1.82) is 0 Å². The number of amides is 2. The second-order valence-corrected chi connectivity index (χ2v) is 4.24. The van der Waals surface area contributed by atoms with Crippen LogP contribution in [0.2, 0.25) is 0 Å². The third kappa shape index (κ3) is 4.23. The van der Waals surface area contributed by atoms with Gasteiger partial charge in [-0.1, -0.05) is 0 Å². The van der Waals surface area contributed by atoms with Crippen LogP contribution in [0.4, 0.5) is 5.69 Å². The van der Waals surface area contributed by atoms with Crippen LogP contribution in [-0.4, -0.2) is 22.8 Å². The van der Waals surface area contributed by atoms with Crippen molar-refractivity contribution in [1.82, 2.24) is 10.9 Å². The maximum absolute atomic E-state index is 11.7. The van der Waals surface area contributed by atoms with Gasteiger partial charge in [0.1, 0.15) is 0 Å². The summed E-state index contributed by atoms with van der Waals surface area (Å²) in [6.07, 6.45) is -0.276. The third-order valence-electron chi connectivity index (χ3n) is 2.13. The molecule has 1 aromatic rings. The summed E-state index contributed by atoms with van der Waals surface area (Å²) in [6, 6.07) is 3.72. The van der Waals surface area contributed by atoms with Crippen molar-refractivity contribution in [3.8, 4) is 5.75 Å². The van der Waals surface area contributed by atoms with E-state index in [0.717, 1.165) is 0 Å². The van der Waals surface area contributed by atoms with Crippen LogP contribution in [-0.2, 0) is 4.79 Å². The molecular formula is C12H15N3O5. The number of hydrogen-bond acceptors (Lipinski definition) is 5. The fourth-order valence-electron chi connectivity index (χ4n) is 1.37. The van der Waals surface area contributed by atoms with Gasteiger partial charge in [-0.3, -0.25) is 30.6 Å². The monoisotopic (exact) mass is 281 g/mol. The lowest BCUT2D eigenvalue weighted by Gasteiger charge is -2.11. The van der Waals surface area contributed by atoms with Crippen LogP contribution in [0.25, 0.3) is 0 Å². The first-order chi connectivity index (χ1) is 9.31. The standard InChI is InChI=1S/C12H15N3O5/c1-7(2)20-11-6-9(4-5-10(11)15(18)19)12(17)14-13-8(3)16/h4-7H,1-3H3,(H,13,16)(H,14,17). The molecule has 2 amide bonds. The second-order valence-electron chi connectivity index (χ2n) is 4.24. The Morgan fingerprint density at radius 2 is 1.95 bits per heavy atom. The van der Waals surface area contributed by atoms with Gasteiger partial charge in [-0.25, -0.2) is 0 Å². The number of ether oxygens (including phenoxy) is 1. The number of benzene rings is 1. The summed E-state index contributed by atoms with van der Waals surface area (Å²) in [5.41, 5.74) is 4.20. The van der Waals surface area contributed by atoms with Gasteiger partial charge in [-0.2, -0.15) is 0 Å². The van der Waals surface area contributed by atoms with Crippen LogP contribution in [0, 0.1) is 10.1 Å². The molecule has 1 rings (SSSR count). The minimum Gasteiger partial charge on any atom is -0.484 e. The van der Waals surface area contributed by atoms with Crippen LogP contribution in [0.5, 0.6) is 5.75 Å². The smallest absolute Gasteiger partial charge is 0.310 e. The minimum absolute atomic E-state index is 0.000440. The highest BCUT2D eigenvalue weighted by atomic mass is 16.6. The van der Waals surface area contributed by atoms with Gasteiger partial charge in [0.15, 0.2) is 5.75 Å². The summed E-state index contributed by atoms with van der Waals surface area (Å²) in [5, 5.41) is 10.9. The number of rotatable bonds is 4. The van der Waals surface area contributed by atoms with Crippen LogP contribution in [0.1, 0.15) is 31.1 Å². The third-order valence-corrected chi connectivity index (χ3v) is 2.13. The Morgan fingerprint density at radius 3 is 2.45 bits per heavy atom. The number of nitro groups is 1. The number of hydrogen-bond donors (Lipinski definition) is 2. The van der Waals surface area contributed by atoms with E-state index in [4.69, 9.17) is 4.74 Å². The molecule has 0 fully saturated rings. The highest BCUT2D eigenvalue weighted by Gasteiger charge is 2.19. The molecule has 8 heteroatoms. The zero-order chi connectivity index (χ0) is 15.3. The molecule has 0 atom stereocenters. The Labute approximate surface area is 115 Å². The van der Waals surface area contributed by atoms with Crippen LogP contribution < -0.4 is 15.6 Å². The maximum atomic E-state index is 11.7. The highest BCUT2D eigenvalue weighted by Crippen LogP contribution is 2.28. The fraction of sp³-hybridized carbons (Fsp3) is 0.333. The zero-order valence-corrected chi connectivity index (χ0v) is 11.3. The molecule has 0 aliphatic rings. The van der Waals surface area contributed by atoms with Crippen LogP contribution in [0.3, 0.4) is 0 Å². The molecular weight excluding hydrogens is 266 g/mol. The maximum Gasteiger partial charge on any atom is 0.310 e. The zero-order valence-electron chi connectivity index (χ0n) is 11.3. The summed E-state index contributed by atoms with van der Waals surface area (Å²) >= 11 is 0. The van der Waals surface area contributed by atoms with Gasteiger partial charge in [0.05, 0.1) is 11.0 Å². The van der Waals surface area contributed by atoms with Gasteiger partial charge < -0.3 is 4.74 Å². The minimum atomic E-state index is -0.594. The van der Waals surface area contributed by atoms with E-state index in [1.165, 1.54) is 25.1 Å². The first-order valence-corrected chi connectivity index (χ1v) is 5.83. The van der Waals surface area contributed by atoms with Crippen molar-refractivity contribution in [3.05, 3.63) is 33.9 Å². The normalized spacial score (nSPS) is 10.0. The van der Waals surface area contributed by atoms with Crippen LogP contribution >= 0.6 is 0 Å². The summed E-state index contributed by atoms with van der Waals surface area (Å²) in [4.78, 5) is 32.7. The highest BCUT2D eigenvalue weighted by molar-refractivity contribution is 5.96. The molecule has 1 aromatic carbocycles. The predicted octanol–water partition coefficient (Wildman–Crippen LogP) is 1.16. The van der Waals surface area contributed by atoms with Crippen molar-refractivity contribution < 1.29 is 19.2 Å². The molecule has 0 saturated heterocycles. The lowest BCUT2D eigenvalue weighted by molar-refractivity contribution is -0.386. The molecule has 108 valence electrons. The molecule has 2 N–H and O–H groups in total. The molecule has 0 heterocycles. The number of nitro benzene ring substituents is 1. The number of nitrogens with one attached hydrogen (secondary N) is 2. The van der Waals surface area contributed by atoms with E-state index in [9.17, 15) is 19.7 Å². The van der Waals surface area contributed by atoms with E-state index < -0.39 is 16.7 Å². The predicted molar refractivity (Wildman–Crippen MR) is 70.1 cm³/mol. The van der Waals surface area contributed by atoms with Crippen molar-refractivity contribution in [2.75, 3.05) is 0 Å². The van der Waals surface area contributed by atoms with E-state index in [0.29, 0.717) is 0 Å². The van der Waals surface area contributed by atoms with Crippen molar-refractivity contribution in [2.24, 2.45) is 0 Å². The lowest BCUT2D eigenvalue weighted by atomic mass is 10.2. The van der Waals surface area contributed by atoms with Gasteiger partial charge in [0.2, 0.25) is 5.91 Å². The average molecular weight is 281 g/mol. The van der Waals surface area contributed by atoms with Gasteiger partial charge in [0, 0.05) is 24.6 Å². The Morgan fingerprint density at radius 1 is 1.30 bits per heavy atom. The lowest BCUT2D eigenvalue weighted by Crippen LogP contribution is -2.40. The van der Waals surface area contributed by atoms with Crippen LogP contribution in [0.15, 0.2) is 18.2 Å². The van der Waals surface area contributed by atoms with Gasteiger partial charge >= 0.3 is 5.69 Å². The SMILES string of the molecule is CC(=O)NNC(=O)c1ccc([N+](=O)[O-])c(OC(C)C)c1. The van der Waals surface area contributed by atoms with Gasteiger partial charge in [0.25, 0.3) is 5.91 Å². The first kappa shape index (κ1) is 15.4. The molecule has 0 aliphatic carbocycles. The van der Waals surface area contributed by atoms with Gasteiger partial charge in [-0.15, -0.1) is 0 Å². The first-order valence-electron chi connectivity index (χ1n) is 5.83. The van der Waals surface area contributed by atoms with E-state index in [2.05, 4.69) is 10.9 Å². The molecule has 8 nitrogen and oxygen atoms in total. The Hall–Kier alpha value is -2.64. The van der Waals surface area contributed by atoms with E-state index in [-0.39, 0.29) is 23.1 Å². The summed E-state index contributed by atoms with van der Waals surface area (Å²) in [7, 11) is 0. The number of carbonyl (C=O) groups is 2. The molecule has 0 spiro atoms. The van der Waals surface area contributed by atoms with Crippen molar-refractivity contribution in [2.45, 2.75) is 26.9 Å². The van der Waals surface area contributed by atoms with Crippen molar-refractivity contribution >= 4 is 17.5 Å². The number of carbonyl (C=O) groups excluding carboxylic acids is 2. The summed E-state index contributed by atoms with van der Waals surface area (Å²) < 4.78 is 5.31. The fourth-order valence-corrected chi connectivity index (χ4v) is 1.37. The molecule has 0 aliphatic heterocycles. The Balaban J connectivity index is 3.02. The molecule has 0 radical (unpaired) electrons. The molecule has 0 unspecified atom stereocenters. The average Bonchev–Trinajstić information content (AvgIpc) is 2.34. The van der Waals surface area contributed by atoms with E-state index >= 15 is 0 Å². The van der Waals surface area contributed by atoms with E-state index in [1.807, 2.05) is 0 Å².